The third-order valence-corrected chi connectivity index (χ3v) is 5.05. The number of para-hydroxylation sites is 1. The molecule has 0 aliphatic carbocycles. The van der Waals surface area contributed by atoms with Gasteiger partial charge in [0, 0.05) is 22.6 Å². The van der Waals surface area contributed by atoms with Crippen LogP contribution in [0, 0.1) is 0 Å². The summed E-state index contributed by atoms with van der Waals surface area (Å²) in [6.45, 7) is 0.499. The molecule has 1 aliphatic heterocycles. The van der Waals surface area contributed by atoms with Gasteiger partial charge in [-0.1, -0.05) is 58.1 Å². The summed E-state index contributed by atoms with van der Waals surface area (Å²) in [5, 5.41) is 9.85. The molecule has 10 heteroatoms. The van der Waals surface area contributed by atoms with Gasteiger partial charge in [0.25, 0.3) is 0 Å². The summed E-state index contributed by atoms with van der Waals surface area (Å²) in [7, 11) is 1.76. The number of halogens is 4. The van der Waals surface area contributed by atoms with E-state index in [1.54, 1.807) is 23.0 Å². The molecule has 2 aromatic carbocycles. The van der Waals surface area contributed by atoms with Gasteiger partial charge in [0.05, 0.1) is 17.0 Å². The molecule has 0 unspecified atom stereocenters. The average Bonchev–Trinajstić information content (AvgIpc) is 3.11. The molecule has 0 atom stereocenters. The Kier molecular flexibility index (Phi) is 6.95. The number of nitrogens with zero attached hydrogens (tertiary/aromatic N) is 4. The highest BCUT2D eigenvalue weighted by Crippen LogP contribution is 2.30. The molecular weight excluding hydrogens is 512 g/mol. The van der Waals surface area contributed by atoms with E-state index in [0.717, 1.165) is 23.4 Å². The number of amidine groups is 1. The molecule has 1 heterocycles. The Bertz CT molecular complexity index is 979. The minimum Gasteiger partial charge on any atom is -0.391 e. The van der Waals surface area contributed by atoms with Crippen LogP contribution in [0.1, 0.15) is 16.7 Å². The maximum atomic E-state index is 13.0. The van der Waals surface area contributed by atoms with E-state index in [0.29, 0.717) is 28.7 Å². The van der Waals surface area contributed by atoms with Crippen molar-refractivity contribution >= 4 is 46.1 Å². The van der Waals surface area contributed by atoms with Gasteiger partial charge in [-0.05, 0) is 18.2 Å². The maximum absolute atomic E-state index is 13.0. The summed E-state index contributed by atoms with van der Waals surface area (Å²) in [5.41, 5.74) is 1.53. The van der Waals surface area contributed by atoms with E-state index < -0.39 is 11.7 Å². The lowest BCUT2D eigenvalue weighted by Gasteiger charge is -2.21. The smallest absolute Gasteiger partial charge is 0.391 e. The SMILES string of the molecule is CN1CN(c2ccccc2CO/N=C(\CI)c2cccc(C(F)(F)F)c2)C(C=O)=N1. The number of alkyl halides is 4. The Balaban J connectivity index is 1.78. The third-order valence-electron chi connectivity index (χ3n) is 4.33. The second-order valence-corrected chi connectivity index (χ2v) is 7.22. The fourth-order valence-corrected chi connectivity index (χ4v) is 3.51. The second kappa shape index (κ2) is 9.45. The summed E-state index contributed by atoms with van der Waals surface area (Å²) < 4.78 is 39.3. The van der Waals surface area contributed by atoms with Crippen LogP contribution in [-0.4, -0.2) is 41.0 Å². The lowest BCUT2D eigenvalue weighted by Crippen LogP contribution is -2.31. The van der Waals surface area contributed by atoms with E-state index in [-0.39, 0.29) is 12.4 Å². The molecule has 3 rings (SSSR count). The highest BCUT2D eigenvalue weighted by atomic mass is 127. The van der Waals surface area contributed by atoms with Crippen molar-refractivity contribution in [1.82, 2.24) is 5.01 Å². The summed E-state index contributed by atoms with van der Waals surface area (Å²) >= 11 is 2.03. The number of oxime groups is 1. The summed E-state index contributed by atoms with van der Waals surface area (Å²) in [6, 6.07) is 12.3. The summed E-state index contributed by atoms with van der Waals surface area (Å²) in [5.74, 6) is 0.283. The monoisotopic (exact) mass is 530 g/mol. The number of hydrogen-bond donors (Lipinski definition) is 0. The minimum atomic E-state index is -4.42. The first-order valence-corrected chi connectivity index (χ1v) is 10.4. The van der Waals surface area contributed by atoms with Gasteiger partial charge in [0.2, 0.25) is 0 Å². The van der Waals surface area contributed by atoms with Gasteiger partial charge in [0.15, 0.2) is 12.1 Å². The maximum Gasteiger partial charge on any atom is 0.416 e. The lowest BCUT2D eigenvalue weighted by atomic mass is 10.1. The first-order chi connectivity index (χ1) is 14.3. The van der Waals surface area contributed by atoms with Crippen LogP contribution >= 0.6 is 22.6 Å². The zero-order valence-corrected chi connectivity index (χ0v) is 18.1. The molecule has 2 aromatic rings. The van der Waals surface area contributed by atoms with Crippen molar-refractivity contribution in [2.24, 2.45) is 10.3 Å². The molecule has 158 valence electrons. The summed E-state index contributed by atoms with van der Waals surface area (Å²) in [4.78, 5) is 18.5. The van der Waals surface area contributed by atoms with Gasteiger partial charge in [-0.15, -0.1) is 0 Å². The Labute approximate surface area is 185 Å². The molecule has 0 bridgehead atoms. The Morgan fingerprint density at radius 2 is 2.03 bits per heavy atom. The van der Waals surface area contributed by atoms with Crippen LogP contribution in [-0.2, 0) is 22.4 Å². The molecule has 0 amide bonds. The lowest BCUT2D eigenvalue weighted by molar-refractivity contribution is -0.137. The number of carbonyl (C=O) groups excluding carboxylic acids is 1. The van der Waals surface area contributed by atoms with Crippen molar-refractivity contribution in [3.05, 3.63) is 65.2 Å². The number of carbonyl (C=O) groups is 1. The zero-order chi connectivity index (χ0) is 21.7. The normalized spacial score (nSPS) is 14.7. The van der Waals surface area contributed by atoms with Crippen LogP contribution in [0.2, 0.25) is 0 Å². The van der Waals surface area contributed by atoms with E-state index in [1.807, 2.05) is 46.9 Å². The first kappa shape index (κ1) is 22.1. The fraction of sp³-hybridized carbons (Fsp3) is 0.250. The molecule has 0 spiro atoms. The standard InChI is InChI=1S/C20H18F3IN4O2/c1-27-13-28(19(11-29)25-27)18-8-3-2-5-15(18)12-30-26-17(10-24)14-6-4-7-16(9-14)20(21,22)23/h2-9,11H,10,12-13H2,1H3/b26-17+. The molecule has 0 aromatic heterocycles. The van der Waals surface area contributed by atoms with Gasteiger partial charge >= 0.3 is 6.18 Å². The molecule has 0 fully saturated rings. The van der Waals surface area contributed by atoms with Gasteiger partial charge < -0.3 is 9.74 Å². The van der Waals surface area contributed by atoms with Crippen molar-refractivity contribution in [1.29, 1.82) is 0 Å². The molecular formula is C20H18F3IN4O2. The number of hydrogen-bond acceptors (Lipinski definition) is 6. The number of hydrazone groups is 1. The molecule has 0 N–H and O–H groups in total. The minimum absolute atomic E-state index is 0.0849. The molecule has 0 saturated heterocycles. The van der Waals surface area contributed by atoms with E-state index >= 15 is 0 Å². The second-order valence-electron chi connectivity index (χ2n) is 6.46. The van der Waals surface area contributed by atoms with Crippen molar-refractivity contribution in [2.75, 3.05) is 23.0 Å². The highest BCUT2D eigenvalue weighted by molar-refractivity contribution is 14.1. The van der Waals surface area contributed by atoms with E-state index in [1.165, 1.54) is 6.07 Å². The van der Waals surface area contributed by atoms with Crippen molar-refractivity contribution < 1.29 is 22.8 Å². The Morgan fingerprint density at radius 1 is 1.27 bits per heavy atom. The zero-order valence-electron chi connectivity index (χ0n) is 15.9. The van der Waals surface area contributed by atoms with Crippen molar-refractivity contribution in [3.63, 3.8) is 0 Å². The molecule has 30 heavy (non-hydrogen) atoms. The molecule has 6 nitrogen and oxygen atoms in total. The largest absolute Gasteiger partial charge is 0.416 e. The van der Waals surface area contributed by atoms with Crippen LogP contribution in [0.15, 0.2) is 58.8 Å². The Morgan fingerprint density at radius 3 is 2.73 bits per heavy atom. The quantitative estimate of drug-likeness (QED) is 0.176. The van der Waals surface area contributed by atoms with E-state index in [9.17, 15) is 18.0 Å². The summed E-state index contributed by atoms with van der Waals surface area (Å²) in [6.07, 6.45) is -3.74. The first-order valence-electron chi connectivity index (χ1n) is 8.86. The predicted octanol–water partition coefficient (Wildman–Crippen LogP) is 4.28. The van der Waals surface area contributed by atoms with Gasteiger partial charge in [0.1, 0.15) is 13.3 Å². The van der Waals surface area contributed by atoms with Gasteiger partial charge in [-0.2, -0.15) is 18.3 Å². The molecule has 0 radical (unpaired) electrons. The predicted molar refractivity (Wildman–Crippen MR) is 117 cm³/mol. The van der Waals surface area contributed by atoms with Crippen LogP contribution < -0.4 is 4.90 Å². The van der Waals surface area contributed by atoms with Crippen molar-refractivity contribution in [2.45, 2.75) is 12.8 Å². The molecule has 0 saturated carbocycles. The van der Waals surface area contributed by atoms with Crippen LogP contribution in [0.4, 0.5) is 18.9 Å². The van der Waals surface area contributed by atoms with Crippen LogP contribution in [0.5, 0.6) is 0 Å². The average molecular weight is 530 g/mol. The number of rotatable bonds is 7. The fourth-order valence-electron chi connectivity index (χ4n) is 2.93. The number of benzene rings is 2. The van der Waals surface area contributed by atoms with Gasteiger partial charge in [-0.3, -0.25) is 9.80 Å². The Hall–Kier alpha value is -2.63. The topological polar surface area (TPSA) is 57.5 Å². The van der Waals surface area contributed by atoms with Crippen LogP contribution in [0.25, 0.3) is 0 Å². The third kappa shape index (κ3) is 5.10. The highest BCUT2D eigenvalue weighted by Gasteiger charge is 2.30. The van der Waals surface area contributed by atoms with Gasteiger partial charge in [-0.25, -0.2) is 0 Å². The van der Waals surface area contributed by atoms with E-state index in [4.69, 9.17) is 4.84 Å². The van der Waals surface area contributed by atoms with Crippen molar-refractivity contribution in [3.8, 4) is 0 Å². The number of anilines is 1. The van der Waals surface area contributed by atoms with Crippen LogP contribution in [0.3, 0.4) is 0 Å². The van der Waals surface area contributed by atoms with E-state index in [2.05, 4.69) is 10.3 Å². The number of aldehydes is 1. The molecule has 1 aliphatic rings.